The zero-order chi connectivity index (χ0) is 109. The number of carboxylic acids is 1. The predicted octanol–water partition coefficient (Wildman–Crippen LogP) is 19.9. The van der Waals surface area contributed by atoms with Crippen LogP contribution in [0.25, 0.3) is 44.1 Å². The summed E-state index contributed by atoms with van der Waals surface area (Å²) in [5.41, 5.74) is 33.9. The van der Waals surface area contributed by atoms with Gasteiger partial charge in [0, 0.05) is 120 Å². The van der Waals surface area contributed by atoms with Crippen LogP contribution in [0.4, 0.5) is 79.3 Å². The first-order valence-electron chi connectivity index (χ1n) is 45.0. The quantitative estimate of drug-likeness (QED) is 0.00255. The first-order valence-corrected chi connectivity index (χ1v) is 47.6. The molecule has 8 heterocycles. The zero-order valence-corrected chi connectivity index (χ0v) is 89.2. The number of nitrogens with zero attached hydrogens (tertiary/aromatic N) is 11. The number of aromatic amines is 1. The second-order valence-corrected chi connectivity index (χ2v) is 33.7. The molecule has 0 bridgehead atoms. The third kappa shape index (κ3) is 36.4. The molecule has 5 aromatic carbocycles. The van der Waals surface area contributed by atoms with Gasteiger partial charge in [-0.2, -0.15) is 63.8 Å². The van der Waals surface area contributed by atoms with Crippen molar-refractivity contribution in [2.45, 2.75) is 161 Å². The van der Waals surface area contributed by atoms with Gasteiger partial charge in [-0.05, 0) is 209 Å². The van der Waals surface area contributed by atoms with Crippen molar-refractivity contribution in [2.75, 3.05) is 123 Å². The Hall–Kier alpha value is -12.7. The molecular formula is C97H119BrCl2CuF10IN19O16. The maximum absolute atomic E-state index is 14.4. The van der Waals surface area contributed by atoms with Crippen LogP contribution in [-0.2, 0) is 103 Å². The Morgan fingerprint density at radius 1 is 0.429 bits per heavy atom. The number of H-pyrrole nitrogens is 1. The fourth-order valence-corrected chi connectivity index (χ4v) is 14.8. The smallest absolute Gasteiger partial charge is 0.395 e. The topological polar surface area (TPSA) is 497 Å². The van der Waals surface area contributed by atoms with E-state index in [0.717, 1.165) is 106 Å². The molecule has 15 N–H and O–H groups in total. The maximum Gasteiger partial charge on any atom is 0.395 e. The standard InChI is InChI=1S/C22H27F2N5O3.C21H25F2N5O3.C18H17ClF2N4O3.C12H14F2O3.C8H9IO.C6H5ClN4.C5H13N.C4H5BrF2O2.CH4O.Cu/c1-4-5-6-10-26-19-18-16(27-21(25)28-19)9-11-29(18)13-14-12-15(7-8-17(14)31-2)22(23,24)20(30)32-3;1-3-4-5-9-25-18-17-15(26-20(24)27-18)8-10-28(17)12-13-11-14(6-7-16(13)31-2)21(22,23)19(29)30;1-3-28-16(26)18(20,21)11-4-5-13(27-2)10(8-11)9-25-7-6-12-14(25)15(19)24-17(22)23-12;1-4-17-11(15)12(13,14)9-5-6-10(16-3)8(2)7-9;1-6-5-7(9)3-4-8(6)10-2;7-5-4-3(1-2-9-4)10-6(8)11-5;1-2-3-4-5-6;1-2-9-3(8)4(5,6)7;1-2;/h7-9,11-12H,4-6,10,13H2,1-3H3,(H3,25,26,27,28);6-8,10-11H,3-5,9,12H2,1-2H3,(H,29,30)(H3,24,25,26,27);4-8H,3,9H2,1-2H3,(H2,22,23,24);5-7H,4H2,1-3H3;3-5H,1-2H3;1-2,9H,(H2,8,10,11);2-6H2,1H3;2H2,1H3;2H,1H3;. The fraction of sp³-hybridized carbons (Fsp3) is 0.392. The van der Waals surface area contributed by atoms with Gasteiger partial charge in [-0.1, -0.05) is 82.5 Å². The van der Waals surface area contributed by atoms with E-state index in [2.05, 4.69) is 124 Å². The number of halogens is 14. The molecule has 50 heteroatoms. The number of unbranched alkanes of at least 4 members (excludes halogenated alkanes) is 6. The van der Waals surface area contributed by atoms with Crippen molar-refractivity contribution in [2.24, 2.45) is 5.73 Å². The molecule has 8 aromatic heterocycles. The van der Waals surface area contributed by atoms with Crippen molar-refractivity contribution in [3.63, 3.8) is 0 Å². The average molecular weight is 2340 g/mol. The molecule has 0 fully saturated rings. The summed E-state index contributed by atoms with van der Waals surface area (Å²) in [5.74, 6) is -19.5. The van der Waals surface area contributed by atoms with Gasteiger partial charge in [0.05, 0.1) is 104 Å². The van der Waals surface area contributed by atoms with Crippen LogP contribution < -0.4 is 63.0 Å². The zero-order valence-electron chi connectivity index (χ0n) is 83.0. The molecule has 0 saturated heterocycles. The third-order valence-electron chi connectivity index (χ3n) is 20.5. The number of aliphatic carboxylic acids is 1. The van der Waals surface area contributed by atoms with Gasteiger partial charge in [-0.3, -0.25) is 0 Å². The summed E-state index contributed by atoms with van der Waals surface area (Å²) in [6.07, 6.45) is 17.0. The molecule has 0 atom stereocenters. The van der Waals surface area contributed by atoms with Gasteiger partial charge in [0.1, 0.15) is 50.8 Å². The molecule has 0 unspecified atom stereocenters. The Balaban J connectivity index is 0.000000367. The predicted molar refractivity (Wildman–Crippen MR) is 550 cm³/mol. The summed E-state index contributed by atoms with van der Waals surface area (Å²) in [6.45, 7) is 17.0. The van der Waals surface area contributed by atoms with Crippen molar-refractivity contribution >= 4 is 171 Å². The Morgan fingerprint density at radius 2 is 0.762 bits per heavy atom. The number of rotatable bonds is 36. The molecular weight excluding hydrogens is 2220 g/mol. The summed E-state index contributed by atoms with van der Waals surface area (Å²) >= 11 is 16.0. The number of alkyl halides is 11. The fourth-order valence-electron chi connectivity index (χ4n) is 13.5. The van der Waals surface area contributed by atoms with E-state index in [4.69, 9.17) is 85.8 Å². The Labute approximate surface area is 884 Å². The van der Waals surface area contributed by atoms with E-state index in [1.807, 2.05) is 39.6 Å². The molecule has 13 aromatic rings. The minimum Gasteiger partial charge on any atom is -0.496 e. The largest absolute Gasteiger partial charge is 0.496 e. The van der Waals surface area contributed by atoms with Crippen molar-refractivity contribution in [3.8, 4) is 28.7 Å². The number of anilines is 6. The van der Waals surface area contributed by atoms with Crippen LogP contribution in [0.15, 0.2) is 140 Å². The van der Waals surface area contributed by atoms with Crippen LogP contribution in [0, 0.1) is 17.4 Å². The minimum atomic E-state index is -4.01. The third-order valence-corrected chi connectivity index (χ3v) is 22.1. The maximum atomic E-state index is 14.4. The van der Waals surface area contributed by atoms with Crippen LogP contribution in [0.3, 0.4) is 0 Å². The molecule has 0 saturated carbocycles. The summed E-state index contributed by atoms with van der Waals surface area (Å²) in [7, 11) is 9.36. The molecule has 0 aliphatic rings. The van der Waals surface area contributed by atoms with Gasteiger partial charge < -0.3 is 111 Å². The van der Waals surface area contributed by atoms with E-state index in [9.17, 15) is 67.9 Å². The number of carbonyl (C=O) groups is 5. The molecule has 0 spiro atoms. The number of ether oxygens (including phenoxy) is 9. The van der Waals surface area contributed by atoms with Crippen molar-refractivity contribution < 1.29 is 138 Å². The van der Waals surface area contributed by atoms with Gasteiger partial charge >= 0.3 is 58.4 Å². The van der Waals surface area contributed by atoms with Gasteiger partial charge in [0.15, 0.2) is 21.9 Å². The number of aryl methyl sites for hydroxylation is 2. The molecule has 0 aliphatic carbocycles. The van der Waals surface area contributed by atoms with Gasteiger partial charge in [-0.15, -0.1) is 0 Å². The van der Waals surface area contributed by atoms with E-state index >= 15 is 0 Å². The normalized spacial score (nSPS) is 11.0. The molecule has 13 rings (SSSR count). The van der Waals surface area contributed by atoms with Gasteiger partial charge in [-0.25, -0.2) is 43.9 Å². The number of carboxylic acid groups (broad SMARTS) is 1. The van der Waals surface area contributed by atoms with Crippen LogP contribution in [-0.4, -0.2) is 193 Å². The second-order valence-electron chi connectivity index (χ2n) is 30.8. The van der Waals surface area contributed by atoms with Crippen molar-refractivity contribution in [3.05, 3.63) is 204 Å². The molecule has 35 nitrogen and oxygen atoms in total. The number of aliphatic hydroxyl groups is 1. The van der Waals surface area contributed by atoms with Crippen molar-refractivity contribution in [1.82, 2.24) is 58.6 Å². The molecule has 0 amide bonds. The Morgan fingerprint density at radius 3 is 1.11 bits per heavy atom. The molecule has 0 aliphatic heterocycles. The number of hydrogen-bond donors (Lipinski definition) is 10. The number of fused-ring (bicyclic) bond motifs is 4. The van der Waals surface area contributed by atoms with E-state index in [1.165, 1.54) is 120 Å². The van der Waals surface area contributed by atoms with E-state index in [0.29, 0.717) is 108 Å². The number of hydrogen-bond acceptors (Lipinski definition) is 30. The van der Waals surface area contributed by atoms with Crippen LogP contribution in [0.5, 0.6) is 28.7 Å². The van der Waals surface area contributed by atoms with Crippen LogP contribution in [0.2, 0.25) is 10.3 Å². The number of benzene rings is 5. The monoisotopic (exact) mass is 2330 g/mol. The Kier molecular flexibility index (Phi) is 52.6. The van der Waals surface area contributed by atoms with E-state index < -0.39 is 80.6 Å². The number of nitrogens with two attached hydrogens (primary N) is 5. The number of nitrogens with one attached hydrogen (secondary N) is 3. The number of aliphatic hydroxyl groups excluding tert-OH is 1. The summed E-state index contributed by atoms with van der Waals surface area (Å²) in [6, 6.07) is 27.9. The van der Waals surface area contributed by atoms with Gasteiger partial charge in [0.25, 0.3) is 0 Å². The molecule has 1 radical (unpaired) electrons. The Bertz CT molecular complexity index is 6430. The summed E-state index contributed by atoms with van der Waals surface area (Å²) in [4.78, 5) is 87.6. The van der Waals surface area contributed by atoms with Gasteiger partial charge in [0.2, 0.25) is 23.8 Å². The summed E-state index contributed by atoms with van der Waals surface area (Å²) in [5, 5.41) is 22.9. The van der Waals surface area contributed by atoms with Crippen LogP contribution in [0.1, 0.15) is 149 Å². The van der Waals surface area contributed by atoms with E-state index in [-0.39, 0.29) is 85.5 Å². The first kappa shape index (κ1) is 127. The minimum absolute atomic E-state index is 0. The summed E-state index contributed by atoms with van der Waals surface area (Å²) < 4.78 is 186. The number of nitrogen functional groups attached to an aromatic ring is 4. The van der Waals surface area contributed by atoms with Crippen LogP contribution >= 0.6 is 61.7 Å². The molecule has 807 valence electrons. The second kappa shape index (κ2) is 61.1. The number of esters is 4. The first-order chi connectivity index (χ1) is 69.2. The van der Waals surface area contributed by atoms with E-state index in [1.54, 1.807) is 72.2 Å². The number of carbonyl (C=O) groups excluding carboxylic acids is 4. The van der Waals surface area contributed by atoms with Crippen molar-refractivity contribution in [1.29, 1.82) is 0 Å². The number of aromatic nitrogens is 12. The average Bonchev–Trinajstić information content (AvgIpc) is 1.68. The number of methoxy groups -OCH3 is 6. The SMILES string of the molecule is CCCCCN.CCCCCNc1nc(N)nc2ccn(Cc3cc(C(F)(F)C(=O)O)ccc3OC)c12.CCCCCNc1nc(N)nc2ccn(Cc3cc(C(F)(F)C(=O)OC)ccc3OC)c12.CCOC(=O)C(F)(F)Br.CCOC(=O)C(F)(F)c1ccc(OC)c(C)c1.CCOC(=O)C(F)(F)c1ccc(OC)c(Cn2ccc3nc(N)nc(Cl)c32)c1.CO.COc1ccc(I)cc1C.Nc1nc(Cl)c2[nH]ccc2n1.[Cu]. The molecule has 147 heavy (non-hydrogen) atoms.